The van der Waals surface area contributed by atoms with E-state index in [2.05, 4.69) is 33.3 Å². The Morgan fingerprint density at radius 3 is 2.68 bits per heavy atom. The highest BCUT2D eigenvalue weighted by molar-refractivity contribution is 5.94. The molecule has 6 nitrogen and oxygen atoms in total. The molecular formula is C25H25F3N4O2. The van der Waals surface area contributed by atoms with Crippen molar-refractivity contribution in [2.24, 2.45) is 0 Å². The number of halogens is 3. The SMILES string of the molecule is Cc1cc(N2CC3CC2CN3)nc2ccc(NC(=O)CCc3ccc(OC(F)(F)F)cc3)cc12. The van der Waals surface area contributed by atoms with E-state index in [0.29, 0.717) is 24.2 Å². The number of piperazine rings is 1. The number of hydrogen-bond acceptors (Lipinski definition) is 5. The van der Waals surface area contributed by atoms with E-state index >= 15 is 0 Å². The zero-order chi connectivity index (χ0) is 23.9. The maximum Gasteiger partial charge on any atom is 0.573 e. The van der Waals surface area contributed by atoms with E-state index in [4.69, 9.17) is 4.98 Å². The lowest BCUT2D eigenvalue weighted by molar-refractivity contribution is -0.274. The molecule has 2 fully saturated rings. The molecule has 178 valence electrons. The summed E-state index contributed by atoms with van der Waals surface area (Å²) < 4.78 is 40.7. The number of carbonyl (C=O) groups excluding carboxylic acids is 1. The number of carbonyl (C=O) groups is 1. The van der Waals surface area contributed by atoms with Gasteiger partial charge in [-0.3, -0.25) is 4.79 Å². The van der Waals surface area contributed by atoms with Crippen LogP contribution in [0.2, 0.25) is 0 Å². The van der Waals surface area contributed by atoms with E-state index in [-0.39, 0.29) is 18.1 Å². The molecule has 1 aromatic heterocycles. The molecule has 3 heterocycles. The van der Waals surface area contributed by atoms with Gasteiger partial charge in [0.2, 0.25) is 5.91 Å². The summed E-state index contributed by atoms with van der Waals surface area (Å²) in [6.45, 7) is 4.03. The van der Waals surface area contributed by atoms with Gasteiger partial charge in [-0.25, -0.2) is 4.98 Å². The third-order valence-electron chi connectivity index (χ3n) is 6.43. The quantitative estimate of drug-likeness (QED) is 0.553. The lowest BCUT2D eigenvalue weighted by Gasteiger charge is -2.29. The summed E-state index contributed by atoms with van der Waals surface area (Å²) in [6, 6.07) is 14.4. The summed E-state index contributed by atoms with van der Waals surface area (Å²) >= 11 is 0. The molecule has 0 saturated carbocycles. The Labute approximate surface area is 195 Å². The number of pyridine rings is 1. The van der Waals surface area contributed by atoms with Crippen molar-refractivity contribution < 1.29 is 22.7 Å². The Morgan fingerprint density at radius 2 is 2.00 bits per heavy atom. The fraction of sp³-hybridized carbons (Fsp3) is 0.360. The van der Waals surface area contributed by atoms with Gasteiger partial charge in [-0.2, -0.15) is 0 Å². The highest BCUT2D eigenvalue weighted by atomic mass is 19.4. The van der Waals surface area contributed by atoms with Gasteiger partial charge in [-0.1, -0.05) is 12.1 Å². The summed E-state index contributed by atoms with van der Waals surface area (Å²) in [5, 5.41) is 7.41. The lowest BCUT2D eigenvalue weighted by Crippen LogP contribution is -2.44. The minimum Gasteiger partial charge on any atom is -0.406 e. The number of nitrogens with one attached hydrogen (secondary N) is 2. The van der Waals surface area contributed by atoms with Gasteiger partial charge >= 0.3 is 6.36 Å². The number of aryl methyl sites for hydroxylation is 2. The number of aromatic nitrogens is 1. The van der Waals surface area contributed by atoms with Crippen LogP contribution in [0, 0.1) is 6.92 Å². The largest absolute Gasteiger partial charge is 0.573 e. The molecule has 2 unspecified atom stereocenters. The van der Waals surface area contributed by atoms with Crippen LogP contribution in [0.3, 0.4) is 0 Å². The van der Waals surface area contributed by atoms with Crippen molar-refractivity contribution in [2.75, 3.05) is 23.3 Å². The summed E-state index contributed by atoms with van der Waals surface area (Å²) in [6.07, 6.45) is -2.95. The first-order valence-electron chi connectivity index (χ1n) is 11.3. The molecule has 2 aromatic carbocycles. The number of rotatable bonds is 6. The molecule has 2 aliphatic rings. The molecule has 2 saturated heterocycles. The van der Waals surface area contributed by atoms with E-state index in [9.17, 15) is 18.0 Å². The Kier molecular flexibility index (Phi) is 5.81. The molecule has 2 aliphatic heterocycles. The molecule has 0 aliphatic carbocycles. The smallest absolute Gasteiger partial charge is 0.406 e. The fourth-order valence-electron chi connectivity index (χ4n) is 4.78. The Hall–Kier alpha value is -3.33. The maximum absolute atomic E-state index is 12.4. The standard InChI is InChI=1S/C25H25F3N4O2/c1-15-10-23(32-14-18-11-19(32)13-29-18)31-22-8-5-17(12-21(15)22)30-24(33)9-4-16-2-6-20(7-3-16)34-25(26,27)28/h2-3,5-8,10,12,18-19,29H,4,9,11,13-14H2,1H3,(H,30,33). The highest BCUT2D eigenvalue weighted by Crippen LogP contribution is 2.31. The summed E-state index contributed by atoms with van der Waals surface area (Å²) in [7, 11) is 0. The van der Waals surface area contributed by atoms with Gasteiger partial charge in [0.1, 0.15) is 11.6 Å². The molecule has 0 spiro atoms. The van der Waals surface area contributed by atoms with E-state index in [0.717, 1.165) is 47.4 Å². The first-order valence-corrected chi connectivity index (χ1v) is 11.3. The number of ether oxygens (including phenoxy) is 1. The van der Waals surface area contributed by atoms with Crippen LogP contribution < -0.4 is 20.3 Å². The van der Waals surface area contributed by atoms with Crippen LogP contribution in [0.1, 0.15) is 24.0 Å². The third-order valence-corrected chi connectivity index (χ3v) is 6.43. The zero-order valence-corrected chi connectivity index (χ0v) is 18.7. The molecule has 5 rings (SSSR count). The van der Waals surface area contributed by atoms with Gasteiger partial charge < -0.3 is 20.3 Å². The van der Waals surface area contributed by atoms with Crippen LogP contribution in [-0.4, -0.2) is 42.4 Å². The third kappa shape index (κ3) is 4.94. The Bertz CT molecular complexity index is 1210. The summed E-state index contributed by atoms with van der Waals surface area (Å²) in [4.78, 5) is 19.7. The second-order valence-electron chi connectivity index (χ2n) is 8.92. The van der Waals surface area contributed by atoms with E-state index in [1.165, 1.54) is 24.3 Å². The van der Waals surface area contributed by atoms with Gasteiger partial charge in [-0.15, -0.1) is 13.2 Å². The maximum atomic E-state index is 12.4. The van der Waals surface area contributed by atoms with Crippen LogP contribution in [0.15, 0.2) is 48.5 Å². The predicted octanol–water partition coefficient (Wildman–Crippen LogP) is 4.56. The molecule has 2 N–H and O–H groups in total. The molecule has 2 atom stereocenters. The number of nitrogens with zero attached hydrogens (tertiary/aromatic N) is 2. The summed E-state index contributed by atoms with van der Waals surface area (Å²) in [5.41, 5.74) is 3.44. The van der Waals surface area contributed by atoms with Crippen LogP contribution in [0.4, 0.5) is 24.7 Å². The molecule has 2 bridgehead atoms. The zero-order valence-electron chi connectivity index (χ0n) is 18.7. The first kappa shape index (κ1) is 22.5. The monoisotopic (exact) mass is 470 g/mol. The minimum atomic E-state index is -4.72. The predicted molar refractivity (Wildman–Crippen MR) is 124 cm³/mol. The van der Waals surface area contributed by atoms with E-state index < -0.39 is 6.36 Å². The van der Waals surface area contributed by atoms with Gasteiger partial charge in [-0.05, 0) is 67.3 Å². The highest BCUT2D eigenvalue weighted by Gasteiger charge is 2.38. The molecule has 3 aromatic rings. The van der Waals surface area contributed by atoms with Gasteiger partial charge in [0, 0.05) is 42.7 Å². The van der Waals surface area contributed by atoms with Gasteiger partial charge in [0.05, 0.1) is 5.52 Å². The topological polar surface area (TPSA) is 66.5 Å². The van der Waals surface area contributed by atoms with Crippen molar-refractivity contribution in [3.63, 3.8) is 0 Å². The average molecular weight is 470 g/mol. The lowest BCUT2D eigenvalue weighted by atomic mass is 10.1. The molecular weight excluding hydrogens is 445 g/mol. The van der Waals surface area contributed by atoms with Crippen LogP contribution in [-0.2, 0) is 11.2 Å². The number of alkyl halides is 3. The Balaban J connectivity index is 1.21. The first-order chi connectivity index (χ1) is 16.2. The van der Waals surface area contributed by atoms with Crippen molar-refractivity contribution >= 4 is 28.3 Å². The van der Waals surface area contributed by atoms with Gasteiger partial charge in [0.15, 0.2) is 0 Å². The second-order valence-corrected chi connectivity index (χ2v) is 8.92. The van der Waals surface area contributed by atoms with Crippen LogP contribution in [0.5, 0.6) is 5.75 Å². The van der Waals surface area contributed by atoms with Crippen molar-refractivity contribution in [3.8, 4) is 5.75 Å². The molecule has 9 heteroatoms. The second kappa shape index (κ2) is 8.79. The van der Waals surface area contributed by atoms with Crippen molar-refractivity contribution in [1.82, 2.24) is 10.3 Å². The van der Waals surface area contributed by atoms with Crippen molar-refractivity contribution in [2.45, 2.75) is 44.6 Å². The van der Waals surface area contributed by atoms with E-state index in [1.807, 2.05) is 18.2 Å². The number of hydrogen-bond donors (Lipinski definition) is 2. The van der Waals surface area contributed by atoms with Crippen molar-refractivity contribution in [3.05, 3.63) is 59.7 Å². The molecule has 0 radical (unpaired) electrons. The normalized spacial score (nSPS) is 19.6. The number of benzene rings is 2. The summed E-state index contributed by atoms with van der Waals surface area (Å²) in [5.74, 6) is 0.554. The Morgan fingerprint density at radius 1 is 1.21 bits per heavy atom. The van der Waals surface area contributed by atoms with Crippen molar-refractivity contribution in [1.29, 1.82) is 0 Å². The number of amides is 1. The minimum absolute atomic E-state index is 0.169. The number of anilines is 2. The average Bonchev–Trinajstić information content (AvgIpc) is 3.42. The van der Waals surface area contributed by atoms with Gasteiger partial charge in [0.25, 0.3) is 0 Å². The van der Waals surface area contributed by atoms with Crippen LogP contribution >= 0.6 is 0 Å². The molecule has 1 amide bonds. The number of fused-ring (bicyclic) bond motifs is 3. The molecule has 34 heavy (non-hydrogen) atoms. The van der Waals surface area contributed by atoms with E-state index in [1.54, 1.807) is 0 Å². The fourth-order valence-corrected chi connectivity index (χ4v) is 4.78. The van der Waals surface area contributed by atoms with Crippen LogP contribution in [0.25, 0.3) is 10.9 Å².